The fraction of sp³-hybridized carbons (Fsp3) is 0.333. The van der Waals surface area contributed by atoms with Gasteiger partial charge in [-0.25, -0.2) is 4.98 Å². The molecule has 0 unspecified atom stereocenters. The van der Waals surface area contributed by atoms with Gasteiger partial charge in [-0.15, -0.1) is 11.3 Å². The zero-order valence-corrected chi connectivity index (χ0v) is 14.4. The molecule has 0 saturated carbocycles. The van der Waals surface area contributed by atoms with Crippen LogP contribution in [-0.4, -0.2) is 24.5 Å². The van der Waals surface area contributed by atoms with Gasteiger partial charge < -0.3 is 9.47 Å². The van der Waals surface area contributed by atoms with Crippen LogP contribution in [0.5, 0.6) is 11.5 Å². The first-order chi connectivity index (χ1) is 12.1. The van der Waals surface area contributed by atoms with Gasteiger partial charge in [0.05, 0.1) is 12.8 Å². The standard InChI is InChI=1S/C18H17F2NO3S/c1-23-15-10-11(7-9-14(15)24-18(19)20)6-8-13(22)17-21-12-4-2-3-5-16(12)25-17/h6-10,18H,2-5H2,1H3/b8-6+. The number of alkyl halides is 2. The van der Waals surface area contributed by atoms with E-state index in [0.717, 1.165) is 31.4 Å². The summed E-state index contributed by atoms with van der Waals surface area (Å²) in [5.74, 6) is -0.0283. The molecule has 1 aromatic heterocycles. The molecular formula is C18H17F2NO3S. The van der Waals surface area contributed by atoms with Crippen LogP contribution in [-0.2, 0) is 12.8 Å². The van der Waals surface area contributed by atoms with Crippen molar-refractivity contribution in [1.29, 1.82) is 0 Å². The van der Waals surface area contributed by atoms with Crippen molar-refractivity contribution in [2.75, 3.05) is 7.11 Å². The number of aryl methyl sites for hydroxylation is 2. The topological polar surface area (TPSA) is 48.4 Å². The van der Waals surface area contributed by atoms with E-state index >= 15 is 0 Å². The minimum Gasteiger partial charge on any atom is -0.493 e. The molecule has 1 aliphatic carbocycles. The Kier molecular flexibility index (Phi) is 5.43. The summed E-state index contributed by atoms with van der Waals surface area (Å²) in [4.78, 5) is 17.9. The predicted octanol–water partition coefficient (Wildman–Crippen LogP) is 4.53. The van der Waals surface area contributed by atoms with Crippen LogP contribution in [0.2, 0.25) is 0 Å². The number of ketones is 1. The highest BCUT2D eigenvalue weighted by Crippen LogP contribution is 2.30. The van der Waals surface area contributed by atoms with Crippen LogP contribution < -0.4 is 9.47 Å². The second kappa shape index (κ2) is 7.74. The predicted molar refractivity (Wildman–Crippen MR) is 91.7 cm³/mol. The van der Waals surface area contributed by atoms with Gasteiger partial charge >= 0.3 is 6.61 Å². The third-order valence-corrected chi connectivity index (χ3v) is 5.06. The van der Waals surface area contributed by atoms with Crippen molar-refractivity contribution in [1.82, 2.24) is 4.98 Å². The summed E-state index contributed by atoms with van der Waals surface area (Å²) in [5.41, 5.74) is 1.69. The molecular weight excluding hydrogens is 348 g/mol. The largest absolute Gasteiger partial charge is 0.493 e. The van der Waals surface area contributed by atoms with Crippen molar-refractivity contribution in [3.05, 3.63) is 45.4 Å². The number of hydrogen-bond donors (Lipinski definition) is 0. The number of methoxy groups -OCH3 is 1. The van der Waals surface area contributed by atoms with Gasteiger partial charge in [-0.2, -0.15) is 8.78 Å². The van der Waals surface area contributed by atoms with E-state index in [1.54, 1.807) is 12.1 Å². The number of benzene rings is 1. The van der Waals surface area contributed by atoms with Gasteiger partial charge in [0.15, 0.2) is 16.5 Å². The number of allylic oxidation sites excluding steroid dienone is 1. The fourth-order valence-corrected chi connectivity index (χ4v) is 3.75. The molecule has 0 fully saturated rings. The zero-order chi connectivity index (χ0) is 17.8. The Balaban J connectivity index is 1.74. The van der Waals surface area contributed by atoms with Crippen molar-refractivity contribution in [2.45, 2.75) is 32.3 Å². The van der Waals surface area contributed by atoms with Crippen molar-refractivity contribution in [3.63, 3.8) is 0 Å². The minimum atomic E-state index is -2.92. The third-order valence-electron chi connectivity index (χ3n) is 3.89. The Morgan fingerprint density at radius 1 is 1.28 bits per heavy atom. The molecule has 4 nitrogen and oxygen atoms in total. The molecule has 0 radical (unpaired) electrons. The van der Waals surface area contributed by atoms with Crippen molar-refractivity contribution in [3.8, 4) is 11.5 Å². The molecule has 2 aromatic rings. The first kappa shape index (κ1) is 17.5. The molecule has 0 spiro atoms. The van der Waals surface area contributed by atoms with Gasteiger partial charge in [-0.05, 0) is 49.5 Å². The molecule has 7 heteroatoms. The highest BCUT2D eigenvalue weighted by atomic mass is 32.1. The van der Waals surface area contributed by atoms with Gasteiger partial charge in [0.25, 0.3) is 0 Å². The van der Waals surface area contributed by atoms with E-state index in [0.29, 0.717) is 10.6 Å². The molecule has 0 saturated heterocycles. The number of thiazole rings is 1. The Bertz CT molecular complexity index is 778. The average molecular weight is 365 g/mol. The normalized spacial score (nSPS) is 13.9. The van der Waals surface area contributed by atoms with E-state index in [4.69, 9.17) is 4.74 Å². The summed E-state index contributed by atoms with van der Waals surface area (Å²) in [6, 6.07) is 4.50. The molecule has 0 aliphatic heterocycles. The molecule has 1 aliphatic rings. The van der Waals surface area contributed by atoms with Gasteiger partial charge in [0.2, 0.25) is 5.78 Å². The van der Waals surface area contributed by atoms with Crippen LogP contribution in [0.1, 0.15) is 38.8 Å². The highest BCUT2D eigenvalue weighted by Gasteiger charge is 2.17. The first-order valence-corrected chi connectivity index (χ1v) is 8.72. The average Bonchev–Trinajstić information content (AvgIpc) is 3.04. The molecule has 0 bridgehead atoms. The van der Waals surface area contributed by atoms with Gasteiger partial charge in [-0.3, -0.25) is 4.79 Å². The monoisotopic (exact) mass is 365 g/mol. The number of carbonyl (C=O) groups excluding carboxylic acids is 1. The Hall–Kier alpha value is -2.28. The second-order valence-corrected chi connectivity index (χ2v) is 6.67. The van der Waals surface area contributed by atoms with Crippen molar-refractivity contribution in [2.24, 2.45) is 0 Å². The van der Waals surface area contributed by atoms with Gasteiger partial charge in [0, 0.05) is 4.88 Å². The number of aromatic nitrogens is 1. The summed E-state index contributed by atoms with van der Waals surface area (Å²) in [6.07, 6.45) is 7.24. The van der Waals surface area contributed by atoms with Crippen LogP contribution in [0.25, 0.3) is 6.08 Å². The molecule has 3 rings (SSSR count). The van der Waals surface area contributed by atoms with Gasteiger partial charge in [-0.1, -0.05) is 12.1 Å². The van der Waals surface area contributed by atoms with Gasteiger partial charge in [0.1, 0.15) is 0 Å². The first-order valence-electron chi connectivity index (χ1n) is 7.90. The lowest BCUT2D eigenvalue weighted by Gasteiger charge is -2.10. The van der Waals surface area contributed by atoms with E-state index in [1.165, 1.54) is 41.5 Å². The van der Waals surface area contributed by atoms with Crippen LogP contribution >= 0.6 is 11.3 Å². The fourth-order valence-electron chi connectivity index (χ4n) is 2.68. The van der Waals surface area contributed by atoms with E-state index in [1.807, 2.05) is 0 Å². The number of rotatable bonds is 6. The number of fused-ring (bicyclic) bond motifs is 1. The number of hydrogen-bond acceptors (Lipinski definition) is 5. The smallest absolute Gasteiger partial charge is 0.387 e. The Morgan fingerprint density at radius 3 is 2.80 bits per heavy atom. The van der Waals surface area contributed by atoms with Crippen LogP contribution in [0, 0.1) is 0 Å². The third kappa shape index (κ3) is 4.22. The SMILES string of the molecule is COc1cc(/C=C/C(=O)c2nc3c(s2)CCCC3)ccc1OC(F)F. The lowest BCUT2D eigenvalue weighted by molar-refractivity contribution is -0.0512. The van der Waals surface area contributed by atoms with Crippen LogP contribution in [0.3, 0.4) is 0 Å². The number of ether oxygens (including phenoxy) is 2. The second-order valence-electron chi connectivity index (χ2n) is 5.58. The Morgan fingerprint density at radius 2 is 2.08 bits per heavy atom. The highest BCUT2D eigenvalue weighted by molar-refractivity contribution is 7.13. The van der Waals surface area contributed by atoms with Crippen molar-refractivity contribution >= 4 is 23.2 Å². The zero-order valence-electron chi connectivity index (χ0n) is 13.6. The molecule has 1 heterocycles. The summed E-state index contributed by atoms with van der Waals surface area (Å²) in [5, 5.41) is 0.493. The van der Waals surface area contributed by atoms with E-state index in [2.05, 4.69) is 9.72 Å². The van der Waals surface area contributed by atoms with E-state index in [-0.39, 0.29) is 17.3 Å². The molecule has 0 atom stereocenters. The molecule has 0 amide bonds. The summed E-state index contributed by atoms with van der Waals surface area (Å²) in [7, 11) is 1.37. The maximum absolute atomic E-state index is 12.3. The van der Waals surface area contributed by atoms with E-state index in [9.17, 15) is 13.6 Å². The maximum Gasteiger partial charge on any atom is 0.387 e. The number of halogens is 2. The molecule has 1 aromatic carbocycles. The molecule has 25 heavy (non-hydrogen) atoms. The van der Waals surface area contributed by atoms with E-state index < -0.39 is 6.61 Å². The van der Waals surface area contributed by atoms with Crippen LogP contribution in [0.15, 0.2) is 24.3 Å². The number of carbonyl (C=O) groups is 1. The summed E-state index contributed by atoms with van der Waals surface area (Å²) in [6.45, 7) is -2.92. The Labute approximate surface area is 148 Å². The van der Waals surface area contributed by atoms with Crippen molar-refractivity contribution < 1.29 is 23.0 Å². The maximum atomic E-state index is 12.3. The summed E-state index contributed by atoms with van der Waals surface area (Å²) >= 11 is 1.46. The quantitative estimate of drug-likeness (QED) is 0.557. The van der Waals surface area contributed by atoms with Crippen LogP contribution in [0.4, 0.5) is 8.78 Å². The summed E-state index contributed by atoms with van der Waals surface area (Å²) < 4.78 is 34.1. The lowest BCUT2D eigenvalue weighted by Crippen LogP contribution is -2.03. The molecule has 0 N–H and O–H groups in total. The minimum absolute atomic E-state index is 0.0476. The molecule has 132 valence electrons. The number of nitrogens with zero attached hydrogens (tertiary/aromatic N) is 1. The lowest BCUT2D eigenvalue weighted by atomic mass is 10.0.